The van der Waals surface area contributed by atoms with Gasteiger partial charge in [-0.25, -0.2) is 19.3 Å². The van der Waals surface area contributed by atoms with Crippen molar-refractivity contribution in [1.29, 1.82) is 0 Å². The molecule has 108 valence electrons. The number of nitrogens with one attached hydrogen (secondary N) is 2. The van der Waals surface area contributed by atoms with Crippen molar-refractivity contribution in [2.24, 2.45) is 0 Å². The van der Waals surface area contributed by atoms with Gasteiger partial charge in [-0.3, -0.25) is 0 Å². The van der Waals surface area contributed by atoms with E-state index in [0.717, 1.165) is 12.1 Å². The molecule has 0 saturated heterocycles. The molecule has 3 rings (SSSR count). The zero-order valence-corrected chi connectivity index (χ0v) is 10.2. The van der Waals surface area contributed by atoms with Crippen LogP contribution in [0.2, 0.25) is 0 Å². The smallest absolute Gasteiger partial charge is 0.336 e. The van der Waals surface area contributed by atoms with E-state index in [9.17, 15) is 17.6 Å². The van der Waals surface area contributed by atoms with E-state index < -0.39 is 17.6 Å². The predicted molar refractivity (Wildman–Crippen MR) is 66.4 cm³/mol. The Labute approximate surface area is 115 Å². The number of rotatable bonds is 2. The van der Waals surface area contributed by atoms with Crippen LogP contribution in [0, 0.1) is 5.82 Å². The van der Waals surface area contributed by atoms with E-state index in [4.69, 9.17) is 0 Å². The number of hydrogen-bond acceptors (Lipinski definition) is 4. The number of aromatic amines is 1. The lowest BCUT2D eigenvalue weighted by Gasteiger charge is -2.10. The monoisotopic (exact) mass is 297 g/mol. The van der Waals surface area contributed by atoms with Gasteiger partial charge in [-0.15, -0.1) is 0 Å². The Kier molecular flexibility index (Phi) is 2.96. The minimum absolute atomic E-state index is 0.133. The molecule has 2 heterocycles. The second kappa shape index (κ2) is 4.69. The summed E-state index contributed by atoms with van der Waals surface area (Å²) in [6, 6.07) is 2.21. The number of hydrogen-bond donors (Lipinski definition) is 2. The molecule has 2 N–H and O–H groups in total. The standard InChI is InChI=1S/C12H7F4N5/c13-7-3-6(12(14,15)16)1-2-8(7)21-11-9-10(18-4-17-9)19-5-20-11/h1-5H,(H2,17,18,19,20,21). The summed E-state index contributed by atoms with van der Waals surface area (Å²) in [5, 5.41) is 2.60. The summed E-state index contributed by atoms with van der Waals surface area (Å²) in [5.74, 6) is -0.841. The van der Waals surface area contributed by atoms with Gasteiger partial charge in [0.15, 0.2) is 17.0 Å². The van der Waals surface area contributed by atoms with Crippen LogP contribution in [0.3, 0.4) is 0 Å². The summed E-state index contributed by atoms with van der Waals surface area (Å²) in [6.07, 6.45) is -1.98. The lowest BCUT2D eigenvalue weighted by atomic mass is 10.2. The number of nitrogens with zero attached hydrogens (tertiary/aromatic N) is 3. The third-order valence-electron chi connectivity index (χ3n) is 2.77. The van der Waals surface area contributed by atoms with Gasteiger partial charge in [-0.05, 0) is 18.2 Å². The van der Waals surface area contributed by atoms with Crippen molar-refractivity contribution in [3.63, 3.8) is 0 Å². The van der Waals surface area contributed by atoms with Crippen LogP contribution in [-0.2, 0) is 6.18 Å². The first-order valence-electron chi connectivity index (χ1n) is 5.73. The molecule has 0 atom stereocenters. The minimum Gasteiger partial charge on any atom is -0.336 e. The van der Waals surface area contributed by atoms with Gasteiger partial charge in [0, 0.05) is 0 Å². The lowest BCUT2D eigenvalue weighted by Crippen LogP contribution is -2.06. The number of anilines is 2. The van der Waals surface area contributed by atoms with E-state index in [1.165, 1.54) is 12.7 Å². The number of fused-ring (bicyclic) bond motifs is 1. The molecule has 0 aliphatic carbocycles. The van der Waals surface area contributed by atoms with E-state index in [2.05, 4.69) is 25.3 Å². The van der Waals surface area contributed by atoms with Crippen LogP contribution >= 0.6 is 0 Å². The second-order valence-corrected chi connectivity index (χ2v) is 4.14. The first-order valence-corrected chi connectivity index (χ1v) is 5.73. The number of aromatic nitrogens is 4. The molecular weight excluding hydrogens is 290 g/mol. The summed E-state index contributed by atoms with van der Waals surface area (Å²) >= 11 is 0. The Balaban J connectivity index is 1.97. The van der Waals surface area contributed by atoms with E-state index in [1.54, 1.807) is 0 Å². The van der Waals surface area contributed by atoms with Crippen molar-refractivity contribution >= 4 is 22.7 Å². The maximum atomic E-state index is 13.8. The van der Waals surface area contributed by atoms with Gasteiger partial charge in [0.25, 0.3) is 0 Å². The van der Waals surface area contributed by atoms with Crippen LogP contribution < -0.4 is 5.32 Å². The Morgan fingerprint density at radius 3 is 2.62 bits per heavy atom. The highest BCUT2D eigenvalue weighted by Gasteiger charge is 2.31. The molecule has 0 unspecified atom stereocenters. The van der Waals surface area contributed by atoms with Crippen LogP contribution in [0.1, 0.15) is 5.56 Å². The molecule has 0 aliphatic rings. The SMILES string of the molecule is Fc1cc(C(F)(F)F)ccc1Nc1ncnc2[nH]cnc12. The van der Waals surface area contributed by atoms with Crippen LogP contribution in [0.25, 0.3) is 11.2 Å². The van der Waals surface area contributed by atoms with Crippen LogP contribution in [-0.4, -0.2) is 19.9 Å². The normalized spacial score (nSPS) is 11.8. The lowest BCUT2D eigenvalue weighted by molar-refractivity contribution is -0.137. The summed E-state index contributed by atoms with van der Waals surface area (Å²) in [6.45, 7) is 0. The molecule has 21 heavy (non-hydrogen) atoms. The second-order valence-electron chi connectivity index (χ2n) is 4.14. The Bertz CT molecular complexity index is 796. The topological polar surface area (TPSA) is 66.5 Å². The van der Waals surface area contributed by atoms with Crippen molar-refractivity contribution in [3.05, 3.63) is 42.2 Å². The quantitative estimate of drug-likeness (QED) is 0.713. The third-order valence-corrected chi connectivity index (χ3v) is 2.77. The van der Waals surface area contributed by atoms with Gasteiger partial charge in [-0.1, -0.05) is 0 Å². The highest BCUT2D eigenvalue weighted by Crippen LogP contribution is 2.32. The average Bonchev–Trinajstić information content (AvgIpc) is 2.89. The van der Waals surface area contributed by atoms with Crippen molar-refractivity contribution < 1.29 is 17.6 Å². The number of imidazole rings is 1. The molecule has 0 saturated carbocycles. The third kappa shape index (κ3) is 2.49. The zero-order chi connectivity index (χ0) is 15.0. The van der Waals surface area contributed by atoms with Gasteiger partial charge in [-0.2, -0.15) is 13.2 Å². The number of alkyl halides is 3. The van der Waals surface area contributed by atoms with Crippen LogP contribution in [0.15, 0.2) is 30.9 Å². The van der Waals surface area contributed by atoms with Crippen LogP contribution in [0.4, 0.5) is 29.1 Å². The minimum atomic E-state index is -4.59. The van der Waals surface area contributed by atoms with Gasteiger partial charge in [0.05, 0.1) is 17.6 Å². The highest BCUT2D eigenvalue weighted by molar-refractivity contribution is 5.84. The summed E-state index contributed by atoms with van der Waals surface area (Å²) in [5.41, 5.74) is -0.402. The Hall–Kier alpha value is -2.71. The molecule has 0 spiro atoms. The number of halogens is 4. The van der Waals surface area contributed by atoms with E-state index in [-0.39, 0.29) is 11.5 Å². The molecule has 2 aromatic heterocycles. The van der Waals surface area contributed by atoms with E-state index in [0.29, 0.717) is 17.2 Å². The highest BCUT2D eigenvalue weighted by atomic mass is 19.4. The van der Waals surface area contributed by atoms with Gasteiger partial charge in [0.1, 0.15) is 12.1 Å². The Morgan fingerprint density at radius 1 is 1.10 bits per heavy atom. The van der Waals surface area contributed by atoms with Gasteiger partial charge >= 0.3 is 6.18 Å². The van der Waals surface area contributed by atoms with E-state index >= 15 is 0 Å². The number of benzene rings is 1. The van der Waals surface area contributed by atoms with Crippen molar-refractivity contribution in [2.45, 2.75) is 6.18 Å². The maximum Gasteiger partial charge on any atom is 0.416 e. The predicted octanol–water partition coefficient (Wildman–Crippen LogP) is 3.25. The van der Waals surface area contributed by atoms with Crippen molar-refractivity contribution in [2.75, 3.05) is 5.32 Å². The molecule has 5 nitrogen and oxygen atoms in total. The fraction of sp³-hybridized carbons (Fsp3) is 0.0833. The molecule has 1 aromatic carbocycles. The van der Waals surface area contributed by atoms with Crippen molar-refractivity contribution in [3.8, 4) is 0 Å². The van der Waals surface area contributed by atoms with Crippen molar-refractivity contribution in [1.82, 2.24) is 19.9 Å². The van der Waals surface area contributed by atoms with Gasteiger partial charge < -0.3 is 10.3 Å². The average molecular weight is 297 g/mol. The molecule has 0 fully saturated rings. The molecule has 9 heteroatoms. The number of H-pyrrole nitrogens is 1. The van der Waals surface area contributed by atoms with Crippen LogP contribution in [0.5, 0.6) is 0 Å². The Morgan fingerprint density at radius 2 is 1.90 bits per heavy atom. The summed E-state index contributed by atoms with van der Waals surface area (Å²) in [4.78, 5) is 14.5. The van der Waals surface area contributed by atoms with E-state index in [1.807, 2.05) is 0 Å². The molecule has 0 aliphatic heterocycles. The largest absolute Gasteiger partial charge is 0.416 e. The molecule has 0 radical (unpaired) electrons. The molecule has 0 amide bonds. The fourth-order valence-corrected chi connectivity index (χ4v) is 1.78. The molecular formula is C12H7F4N5. The first-order chi connectivity index (χ1) is 9.95. The summed E-state index contributed by atoms with van der Waals surface area (Å²) < 4.78 is 51.2. The molecule has 0 bridgehead atoms. The zero-order valence-electron chi connectivity index (χ0n) is 10.2. The van der Waals surface area contributed by atoms with Gasteiger partial charge in [0.2, 0.25) is 0 Å². The maximum absolute atomic E-state index is 13.8. The fourth-order valence-electron chi connectivity index (χ4n) is 1.78. The summed E-state index contributed by atoms with van der Waals surface area (Å²) in [7, 11) is 0. The first kappa shape index (κ1) is 13.3. The molecule has 3 aromatic rings.